The predicted molar refractivity (Wildman–Crippen MR) is 120 cm³/mol. The number of aliphatic imine (C=N–C) groups is 1. The van der Waals surface area contributed by atoms with E-state index in [-0.39, 0.29) is 24.0 Å². The Kier molecular flexibility index (Phi) is 9.84. The molecule has 0 aliphatic heterocycles. The lowest BCUT2D eigenvalue weighted by Gasteiger charge is -2.11. The van der Waals surface area contributed by atoms with Crippen molar-refractivity contribution < 1.29 is 0 Å². The number of guanidine groups is 1. The SMILES string of the molecule is CCNC(=NCc1ccc(Cl)cc1Cl)NCc1csc(N(C)C)n1.I. The highest BCUT2D eigenvalue weighted by molar-refractivity contribution is 14.0. The molecule has 25 heavy (non-hydrogen) atoms. The molecule has 0 amide bonds. The molecule has 0 unspecified atom stereocenters. The van der Waals surface area contributed by atoms with Crippen LogP contribution >= 0.6 is 58.5 Å². The van der Waals surface area contributed by atoms with E-state index in [1.165, 1.54) is 0 Å². The molecule has 138 valence electrons. The second-order valence-corrected chi connectivity index (χ2v) is 6.98. The lowest BCUT2D eigenvalue weighted by Crippen LogP contribution is -2.36. The molecule has 1 aromatic carbocycles. The summed E-state index contributed by atoms with van der Waals surface area (Å²) in [5.74, 6) is 0.725. The van der Waals surface area contributed by atoms with Crippen LogP contribution in [-0.2, 0) is 13.1 Å². The van der Waals surface area contributed by atoms with Crippen LogP contribution in [0.3, 0.4) is 0 Å². The van der Waals surface area contributed by atoms with Gasteiger partial charge in [-0.05, 0) is 24.6 Å². The van der Waals surface area contributed by atoms with Crippen molar-refractivity contribution in [2.45, 2.75) is 20.0 Å². The number of thiazole rings is 1. The fourth-order valence-corrected chi connectivity index (χ4v) is 3.14. The third-order valence-electron chi connectivity index (χ3n) is 3.13. The van der Waals surface area contributed by atoms with E-state index >= 15 is 0 Å². The molecule has 1 heterocycles. The minimum atomic E-state index is 0. The summed E-state index contributed by atoms with van der Waals surface area (Å²) in [6.45, 7) is 3.90. The molecule has 2 aromatic rings. The summed E-state index contributed by atoms with van der Waals surface area (Å²) in [5.41, 5.74) is 1.92. The molecule has 0 saturated carbocycles. The zero-order chi connectivity index (χ0) is 17.5. The molecule has 2 N–H and O–H groups in total. The fourth-order valence-electron chi connectivity index (χ4n) is 1.91. The van der Waals surface area contributed by atoms with Crippen molar-refractivity contribution in [2.24, 2.45) is 4.99 Å². The van der Waals surface area contributed by atoms with Crippen LogP contribution in [0.25, 0.3) is 0 Å². The van der Waals surface area contributed by atoms with Crippen LogP contribution in [0.1, 0.15) is 18.2 Å². The van der Waals surface area contributed by atoms with E-state index in [9.17, 15) is 0 Å². The van der Waals surface area contributed by atoms with Gasteiger partial charge < -0.3 is 15.5 Å². The van der Waals surface area contributed by atoms with Gasteiger partial charge in [0.25, 0.3) is 0 Å². The van der Waals surface area contributed by atoms with Crippen molar-refractivity contribution in [2.75, 3.05) is 25.5 Å². The molecule has 5 nitrogen and oxygen atoms in total. The summed E-state index contributed by atoms with van der Waals surface area (Å²) in [5, 5.41) is 10.8. The number of benzene rings is 1. The normalized spacial score (nSPS) is 11.0. The van der Waals surface area contributed by atoms with Gasteiger partial charge in [-0.3, -0.25) is 0 Å². The molecular weight excluding hydrogens is 492 g/mol. The van der Waals surface area contributed by atoms with Gasteiger partial charge in [0.05, 0.1) is 18.8 Å². The van der Waals surface area contributed by atoms with Crippen molar-refractivity contribution >= 4 is 69.6 Å². The molecule has 0 aliphatic carbocycles. The van der Waals surface area contributed by atoms with Gasteiger partial charge in [-0.15, -0.1) is 35.3 Å². The molecule has 0 saturated heterocycles. The Hall–Kier alpha value is -0.770. The third kappa shape index (κ3) is 7.16. The number of nitrogens with zero attached hydrogens (tertiary/aromatic N) is 3. The Bertz CT molecular complexity index is 706. The minimum absolute atomic E-state index is 0. The first-order valence-electron chi connectivity index (χ1n) is 7.57. The minimum Gasteiger partial charge on any atom is -0.357 e. The summed E-state index contributed by atoms with van der Waals surface area (Å²) in [6.07, 6.45) is 0. The average Bonchev–Trinajstić information content (AvgIpc) is 3.00. The van der Waals surface area contributed by atoms with Crippen LogP contribution in [0.4, 0.5) is 5.13 Å². The zero-order valence-electron chi connectivity index (χ0n) is 14.3. The Morgan fingerprint density at radius 3 is 2.64 bits per heavy atom. The summed E-state index contributed by atoms with van der Waals surface area (Å²) < 4.78 is 0. The van der Waals surface area contributed by atoms with E-state index in [0.29, 0.717) is 23.1 Å². The maximum atomic E-state index is 6.19. The quantitative estimate of drug-likeness (QED) is 0.341. The summed E-state index contributed by atoms with van der Waals surface area (Å²) in [4.78, 5) is 11.1. The third-order valence-corrected chi connectivity index (χ3v) is 4.77. The second-order valence-electron chi connectivity index (χ2n) is 5.30. The van der Waals surface area contributed by atoms with Crippen molar-refractivity contribution in [1.29, 1.82) is 0 Å². The van der Waals surface area contributed by atoms with Crippen LogP contribution in [0.5, 0.6) is 0 Å². The van der Waals surface area contributed by atoms with Gasteiger partial charge in [0.1, 0.15) is 0 Å². The molecule has 2 rings (SSSR count). The number of hydrogen-bond donors (Lipinski definition) is 2. The van der Waals surface area contributed by atoms with Crippen LogP contribution in [0.15, 0.2) is 28.6 Å². The van der Waals surface area contributed by atoms with Crippen LogP contribution < -0.4 is 15.5 Å². The first-order chi connectivity index (χ1) is 11.5. The highest BCUT2D eigenvalue weighted by Crippen LogP contribution is 2.21. The fraction of sp³-hybridized carbons (Fsp3) is 0.375. The first kappa shape index (κ1) is 22.3. The molecule has 9 heteroatoms. The van der Waals surface area contributed by atoms with Crippen molar-refractivity contribution in [3.63, 3.8) is 0 Å². The van der Waals surface area contributed by atoms with Gasteiger partial charge in [0.2, 0.25) is 0 Å². The Balaban J connectivity index is 0.00000312. The molecule has 0 atom stereocenters. The van der Waals surface area contributed by atoms with E-state index in [2.05, 4.69) is 20.6 Å². The summed E-state index contributed by atoms with van der Waals surface area (Å²) in [6, 6.07) is 5.44. The largest absolute Gasteiger partial charge is 0.357 e. The number of aromatic nitrogens is 1. The zero-order valence-corrected chi connectivity index (χ0v) is 19.0. The summed E-state index contributed by atoms with van der Waals surface area (Å²) >= 11 is 13.7. The number of nitrogens with one attached hydrogen (secondary N) is 2. The van der Waals surface area contributed by atoms with E-state index in [1.54, 1.807) is 17.4 Å². The van der Waals surface area contributed by atoms with E-state index in [1.807, 2.05) is 43.4 Å². The monoisotopic (exact) mass is 513 g/mol. The van der Waals surface area contributed by atoms with Crippen LogP contribution in [0.2, 0.25) is 10.0 Å². The highest BCUT2D eigenvalue weighted by Gasteiger charge is 2.05. The first-order valence-corrected chi connectivity index (χ1v) is 9.21. The molecule has 0 fully saturated rings. The van der Waals surface area contributed by atoms with Gasteiger partial charge in [0, 0.05) is 36.1 Å². The lowest BCUT2D eigenvalue weighted by atomic mass is 10.2. The Labute approximate surface area is 179 Å². The second kappa shape index (κ2) is 11.1. The average molecular weight is 514 g/mol. The smallest absolute Gasteiger partial charge is 0.191 e. The summed E-state index contributed by atoms with van der Waals surface area (Å²) in [7, 11) is 3.97. The molecule has 0 radical (unpaired) electrons. The molecule has 0 aliphatic rings. The van der Waals surface area contributed by atoms with Crippen molar-refractivity contribution in [3.8, 4) is 0 Å². The van der Waals surface area contributed by atoms with Crippen LogP contribution in [-0.4, -0.2) is 31.6 Å². The van der Waals surface area contributed by atoms with Gasteiger partial charge in [-0.2, -0.15) is 0 Å². The molecule has 1 aromatic heterocycles. The number of hydrogen-bond acceptors (Lipinski definition) is 4. The van der Waals surface area contributed by atoms with Gasteiger partial charge in [0.15, 0.2) is 11.1 Å². The van der Waals surface area contributed by atoms with E-state index in [4.69, 9.17) is 23.2 Å². The maximum Gasteiger partial charge on any atom is 0.191 e. The van der Waals surface area contributed by atoms with E-state index < -0.39 is 0 Å². The van der Waals surface area contributed by atoms with E-state index in [0.717, 1.165) is 28.9 Å². The molecular formula is C16H22Cl2IN5S. The van der Waals surface area contributed by atoms with Crippen molar-refractivity contribution in [3.05, 3.63) is 44.9 Å². The number of halogens is 3. The van der Waals surface area contributed by atoms with Gasteiger partial charge in [-0.1, -0.05) is 29.3 Å². The Morgan fingerprint density at radius 2 is 2.04 bits per heavy atom. The van der Waals surface area contributed by atoms with Gasteiger partial charge >= 0.3 is 0 Å². The topological polar surface area (TPSA) is 52.6 Å². The maximum absolute atomic E-state index is 6.19. The number of anilines is 1. The number of rotatable bonds is 6. The van der Waals surface area contributed by atoms with Gasteiger partial charge in [-0.25, -0.2) is 9.98 Å². The lowest BCUT2D eigenvalue weighted by molar-refractivity contribution is 0.803. The highest BCUT2D eigenvalue weighted by atomic mass is 127. The van der Waals surface area contributed by atoms with Crippen LogP contribution in [0, 0.1) is 0 Å². The van der Waals surface area contributed by atoms with Crippen molar-refractivity contribution in [1.82, 2.24) is 15.6 Å². The predicted octanol–water partition coefficient (Wildman–Crippen LogP) is 4.39. The molecule has 0 bridgehead atoms. The molecule has 0 spiro atoms. The standard InChI is InChI=1S/C16H21Cl2N5S.HI/c1-4-19-15(20-8-11-5-6-12(17)7-14(11)18)21-9-13-10-24-16(22-13)23(2)3;/h5-7,10H,4,8-9H2,1-3H3,(H2,19,20,21);1H. The Morgan fingerprint density at radius 1 is 1.28 bits per heavy atom.